The van der Waals surface area contributed by atoms with E-state index in [-0.39, 0.29) is 0 Å². The third kappa shape index (κ3) is 3.65. The van der Waals surface area contributed by atoms with E-state index < -0.39 is 0 Å². The molecule has 4 heterocycles. The van der Waals surface area contributed by atoms with E-state index in [1.54, 1.807) is 0 Å². The Morgan fingerprint density at radius 3 is 2.69 bits per heavy atom. The van der Waals surface area contributed by atoms with Crippen molar-refractivity contribution < 1.29 is 4.74 Å². The van der Waals surface area contributed by atoms with Crippen LogP contribution in [-0.2, 0) is 11.8 Å². The molecule has 0 bridgehead atoms. The number of H-pyrrole nitrogens is 1. The van der Waals surface area contributed by atoms with E-state index in [1.165, 1.54) is 47.7 Å². The fraction of sp³-hybridized carbons (Fsp3) is 0.440. The van der Waals surface area contributed by atoms with Gasteiger partial charge in [-0.05, 0) is 49.4 Å². The van der Waals surface area contributed by atoms with Crippen LogP contribution in [-0.4, -0.2) is 63.0 Å². The van der Waals surface area contributed by atoms with E-state index in [0.29, 0.717) is 12.1 Å². The number of hydrogen-bond acceptors (Lipinski definition) is 5. The molecule has 1 saturated heterocycles. The molecule has 1 aromatic carbocycles. The molecule has 2 fully saturated rings. The summed E-state index contributed by atoms with van der Waals surface area (Å²) in [7, 11) is 1.95. The van der Waals surface area contributed by atoms with Crippen LogP contribution in [0, 0.1) is 0 Å². The average molecular weight is 431 g/mol. The van der Waals surface area contributed by atoms with Crippen LogP contribution >= 0.6 is 0 Å². The van der Waals surface area contributed by atoms with Crippen molar-refractivity contribution in [1.82, 2.24) is 24.6 Å². The smallest absolute Gasteiger partial charge is 0.140 e. The maximum Gasteiger partial charge on any atom is 0.140 e. The third-order valence-corrected chi connectivity index (χ3v) is 7.15. The van der Waals surface area contributed by atoms with E-state index in [9.17, 15) is 0 Å². The second-order valence-electron chi connectivity index (χ2n) is 9.17. The molecule has 2 N–H and O–H groups in total. The zero-order chi connectivity index (χ0) is 21.5. The molecule has 0 atom stereocenters. The SMILES string of the molecule is Cn1cc(-c2ccc3[nH]c4nccc(NC5CCC(N6CCOCC6)CC5)c4c3c2)cn1. The van der Waals surface area contributed by atoms with Crippen molar-refractivity contribution in [3.8, 4) is 11.1 Å². The molecule has 4 aromatic rings. The number of anilines is 1. The van der Waals surface area contributed by atoms with Crippen molar-refractivity contribution in [2.24, 2.45) is 7.05 Å². The predicted octanol–water partition coefficient (Wildman–Crippen LogP) is 4.17. The van der Waals surface area contributed by atoms with Gasteiger partial charge in [-0.1, -0.05) is 6.07 Å². The molecule has 2 aliphatic rings. The number of nitrogens with zero attached hydrogens (tertiary/aromatic N) is 4. The van der Waals surface area contributed by atoms with Crippen LogP contribution in [0.25, 0.3) is 33.1 Å². The first kappa shape index (κ1) is 19.8. The Bertz CT molecular complexity index is 1230. The average Bonchev–Trinajstić information content (AvgIpc) is 3.43. The monoisotopic (exact) mass is 430 g/mol. The van der Waals surface area contributed by atoms with E-state index >= 15 is 0 Å². The Kier molecular flexibility index (Phi) is 5.08. The van der Waals surface area contributed by atoms with Crippen molar-refractivity contribution in [3.63, 3.8) is 0 Å². The van der Waals surface area contributed by atoms with E-state index in [1.807, 2.05) is 24.1 Å². The van der Waals surface area contributed by atoms with Crippen molar-refractivity contribution in [3.05, 3.63) is 42.9 Å². The number of nitrogens with one attached hydrogen (secondary N) is 2. The van der Waals surface area contributed by atoms with Crippen LogP contribution < -0.4 is 5.32 Å². The van der Waals surface area contributed by atoms with Crippen molar-refractivity contribution in [2.75, 3.05) is 31.6 Å². The Morgan fingerprint density at radius 2 is 1.91 bits per heavy atom. The van der Waals surface area contributed by atoms with Gasteiger partial charge in [-0.25, -0.2) is 4.98 Å². The third-order valence-electron chi connectivity index (χ3n) is 7.15. The molecule has 32 heavy (non-hydrogen) atoms. The zero-order valence-electron chi connectivity index (χ0n) is 18.6. The molecule has 1 aliphatic carbocycles. The number of pyridine rings is 1. The first-order valence-corrected chi connectivity index (χ1v) is 11.7. The Labute approximate surface area is 187 Å². The lowest BCUT2D eigenvalue weighted by molar-refractivity contribution is 0.00791. The lowest BCUT2D eigenvalue weighted by Gasteiger charge is -2.39. The molecule has 1 aliphatic heterocycles. The molecular formula is C25H30N6O. The van der Waals surface area contributed by atoms with Gasteiger partial charge in [0.15, 0.2) is 0 Å². The largest absolute Gasteiger partial charge is 0.382 e. The van der Waals surface area contributed by atoms with Gasteiger partial charge in [0.25, 0.3) is 0 Å². The van der Waals surface area contributed by atoms with Gasteiger partial charge in [0.05, 0.1) is 19.4 Å². The predicted molar refractivity (Wildman–Crippen MR) is 128 cm³/mol. The fourth-order valence-corrected chi connectivity index (χ4v) is 5.43. The molecule has 6 rings (SSSR count). The van der Waals surface area contributed by atoms with Crippen molar-refractivity contribution >= 4 is 27.6 Å². The minimum Gasteiger partial charge on any atom is -0.382 e. The lowest BCUT2D eigenvalue weighted by atomic mass is 9.89. The summed E-state index contributed by atoms with van der Waals surface area (Å²) in [6.45, 7) is 3.94. The second kappa shape index (κ2) is 8.22. The highest BCUT2D eigenvalue weighted by Gasteiger charge is 2.27. The van der Waals surface area contributed by atoms with Crippen molar-refractivity contribution in [2.45, 2.75) is 37.8 Å². The minimum absolute atomic E-state index is 0.504. The van der Waals surface area contributed by atoms with Gasteiger partial charge < -0.3 is 15.0 Å². The van der Waals surface area contributed by atoms with Crippen LogP contribution in [0.4, 0.5) is 5.69 Å². The first-order valence-electron chi connectivity index (χ1n) is 11.7. The summed E-state index contributed by atoms with van der Waals surface area (Å²) in [5.74, 6) is 0. The summed E-state index contributed by atoms with van der Waals surface area (Å²) in [6.07, 6.45) is 10.8. The number of rotatable bonds is 4. The highest BCUT2D eigenvalue weighted by molar-refractivity contribution is 6.13. The number of aryl methyl sites for hydroxylation is 1. The molecule has 7 nitrogen and oxygen atoms in total. The van der Waals surface area contributed by atoms with Gasteiger partial charge >= 0.3 is 0 Å². The van der Waals surface area contributed by atoms with E-state index in [2.05, 4.69) is 55.7 Å². The number of ether oxygens (including phenoxy) is 1. The Balaban J connectivity index is 1.26. The van der Waals surface area contributed by atoms with Gasteiger partial charge in [-0.2, -0.15) is 5.10 Å². The fourth-order valence-electron chi connectivity index (χ4n) is 5.43. The summed E-state index contributed by atoms with van der Waals surface area (Å²) >= 11 is 0. The summed E-state index contributed by atoms with van der Waals surface area (Å²) < 4.78 is 7.37. The number of fused-ring (bicyclic) bond motifs is 3. The summed E-state index contributed by atoms with van der Waals surface area (Å²) in [4.78, 5) is 10.7. The van der Waals surface area contributed by atoms with Gasteiger partial charge in [0.2, 0.25) is 0 Å². The molecule has 0 radical (unpaired) electrons. The molecule has 166 valence electrons. The number of aromatic amines is 1. The standard InChI is InChI=1S/C25H30N6O/c1-30-16-18(15-27-30)17-2-7-22-21(14-17)24-23(8-9-26-25(24)29-22)28-19-3-5-20(6-4-19)31-10-12-32-13-11-31/h2,7-9,14-16,19-20H,3-6,10-13H2,1H3,(H2,26,28,29). The van der Waals surface area contributed by atoms with Gasteiger partial charge in [-0.15, -0.1) is 0 Å². The maximum atomic E-state index is 5.53. The van der Waals surface area contributed by atoms with Gasteiger partial charge in [0, 0.05) is 72.2 Å². The molecule has 0 unspecified atom stereocenters. The van der Waals surface area contributed by atoms with Crippen LogP contribution in [0.15, 0.2) is 42.9 Å². The molecule has 0 spiro atoms. The lowest BCUT2D eigenvalue weighted by Crippen LogP contribution is -2.46. The summed E-state index contributed by atoms with van der Waals surface area (Å²) in [6, 6.07) is 9.90. The molecule has 0 amide bonds. The maximum absolute atomic E-state index is 5.53. The minimum atomic E-state index is 0.504. The van der Waals surface area contributed by atoms with Crippen LogP contribution in [0.2, 0.25) is 0 Å². The highest BCUT2D eigenvalue weighted by Crippen LogP contribution is 2.35. The normalized spacial score (nSPS) is 22.5. The van der Waals surface area contributed by atoms with Gasteiger partial charge in [-0.3, -0.25) is 9.58 Å². The molecule has 3 aromatic heterocycles. The molecule has 7 heteroatoms. The van der Waals surface area contributed by atoms with Gasteiger partial charge in [0.1, 0.15) is 5.65 Å². The van der Waals surface area contributed by atoms with Crippen LogP contribution in [0.1, 0.15) is 25.7 Å². The number of benzene rings is 1. The Morgan fingerprint density at radius 1 is 1.06 bits per heavy atom. The second-order valence-corrected chi connectivity index (χ2v) is 9.17. The number of aromatic nitrogens is 4. The van der Waals surface area contributed by atoms with Crippen LogP contribution in [0.5, 0.6) is 0 Å². The summed E-state index contributed by atoms with van der Waals surface area (Å²) in [5.41, 5.74) is 5.54. The zero-order valence-corrected chi connectivity index (χ0v) is 18.6. The Hall–Kier alpha value is -2.90. The topological polar surface area (TPSA) is 71.0 Å². The number of morpholine rings is 1. The van der Waals surface area contributed by atoms with E-state index in [0.717, 1.165) is 43.0 Å². The summed E-state index contributed by atoms with van der Waals surface area (Å²) in [5, 5.41) is 10.6. The number of hydrogen-bond donors (Lipinski definition) is 2. The first-order chi connectivity index (χ1) is 15.7. The van der Waals surface area contributed by atoms with Crippen molar-refractivity contribution in [1.29, 1.82) is 0 Å². The molecular weight excluding hydrogens is 400 g/mol. The van der Waals surface area contributed by atoms with Crippen LogP contribution in [0.3, 0.4) is 0 Å². The highest BCUT2D eigenvalue weighted by atomic mass is 16.5. The van der Waals surface area contributed by atoms with E-state index in [4.69, 9.17) is 4.74 Å². The molecule has 1 saturated carbocycles. The quantitative estimate of drug-likeness (QED) is 0.508.